The summed E-state index contributed by atoms with van der Waals surface area (Å²) in [6.45, 7) is 9.20. The van der Waals surface area contributed by atoms with Crippen LogP contribution in [0.3, 0.4) is 0 Å². The molecule has 34 heavy (non-hydrogen) atoms. The predicted octanol–water partition coefficient (Wildman–Crippen LogP) is 10.4. The summed E-state index contributed by atoms with van der Waals surface area (Å²) in [6.07, 6.45) is 30.1. The van der Waals surface area contributed by atoms with E-state index in [2.05, 4.69) is 64.1 Å². The van der Waals surface area contributed by atoms with Gasteiger partial charge in [0.2, 0.25) is 0 Å². The zero-order chi connectivity index (χ0) is 24.2. The van der Waals surface area contributed by atoms with Gasteiger partial charge in [-0.1, -0.05) is 115 Å². The van der Waals surface area contributed by atoms with Crippen molar-refractivity contribution in [3.05, 3.63) is 81.0 Å². The van der Waals surface area contributed by atoms with Gasteiger partial charge in [0.1, 0.15) is 0 Å². The van der Waals surface area contributed by atoms with Gasteiger partial charge in [0, 0.05) is 0 Å². The Morgan fingerprint density at radius 1 is 0.441 bits per heavy atom. The standard InChI is InChI=1S/C34H50/c1-5-9-13-17-27-21-31-25-33-23-29(19-15-11-7-3)30(20-16-12-8-4)24-34(33)26-32(31)22-28(27)18-14-10-6-2/h17-20,25-26H,5-16,21-24H2,1-4H3. The maximum absolute atomic E-state index is 2.59. The summed E-state index contributed by atoms with van der Waals surface area (Å²) < 4.78 is 0. The molecule has 0 nitrogen and oxygen atoms in total. The van der Waals surface area contributed by atoms with E-state index >= 15 is 0 Å². The zero-order valence-corrected chi connectivity index (χ0v) is 22.8. The highest BCUT2D eigenvalue weighted by Gasteiger charge is 2.23. The third-order valence-corrected chi connectivity index (χ3v) is 7.66. The Balaban J connectivity index is 1.90. The van der Waals surface area contributed by atoms with Crippen molar-refractivity contribution in [2.24, 2.45) is 0 Å². The smallest absolute Gasteiger partial charge is 0.00232 e. The molecule has 0 amide bonds. The third kappa shape index (κ3) is 7.59. The summed E-state index contributed by atoms with van der Waals surface area (Å²) in [5.74, 6) is 0. The van der Waals surface area contributed by atoms with Gasteiger partial charge in [-0.15, -0.1) is 0 Å². The van der Waals surface area contributed by atoms with Gasteiger partial charge in [-0.05, 0) is 95.9 Å². The molecule has 186 valence electrons. The van der Waals surface area contributed by atoms with Crippen LogP contribution in [-0.4, -0.2) is 0 Å². The van der Waals surface area contributed by atoms with Crippen LogP contribution in [0.1, 0.15) is 127 Å². The van der Waals surface area contributed by atoms with Crippen LogP contribution in [0.2, 0.25) is 0 Å². The van der Waals surface area contributed by atoms with E-state index in [1.807, 2.05) is 0 Å². The van der Waals surface area contributed by atoms with Crippen molar-refractivity contribution >= 4 is 0 Å². The minimum atomic E-state index is 1.14. The van der Waals surface area contributed by atoms with Crippen LogP contribution in [0.25, 0.3) is 0 Å². The molecule has 0 atom stereocenters. The monoisotopic (exact) mass is 458 g/mol. The zero-order valence-electron chi connectivity index (χ0n) is 22.8. The number of unbranched alkanes of at least 4 members (excludes halogenated alkanes) is 8. The molecule has 0 aromatic heterocycles. The van der Waals surface area contributed by atoms with E-state index in [-0.39, 0.29) is 0 Å². The molecule has 2 aliphatic rings. The van der Waals surface area contributed by atoms with E-state index in [1.54, 1.807) is 44.5 Å². The van der Waals surface area contributed by atoms with Gasteiger partial charge in [0.15, 0.2) is 0 Å². The van der Waals surface area contributed by atoms with E-state index < -0.39 is 0 Å². The molecule has 0 spiro atoms. The molecule has 1 aromatic carbocycles. The molecule has 0 heteroatoms. The van der Waals surface area contributed by atoms with Crippen molar-refractivity contribution in [1.29, 1.82) is 0 Å². The van der Waals surface area contributed by atoms with Crippen molar-refractivity contribution in [2.75, 3.05) is 0 Å². The van der Waals surface area contributed by atoms with Crippen LogP contribution >= 0.6 is 0 Å². The molecule has 0 bridgehead atoms. The van der Waals surface area contributed by atoms with E-state index in [9.17, 15) is 0 Å². The van der Waals surface area contributed by atoms with Crippen molar-refractivity contribution < 1.29 is 0 Å². The van der Waals surface area contributed by atoms with E-state index in [0.717, 1.165) is 25.7 Å². The second-order valence-electron chi connectivity index (χ2n) is 10.6. The second-order valence-corrected chi connectivity index (χ2v) is 10.6. The van der Waals surface area contributed by atoms with E-state index in [1.165, 1.54) is 77.0 Å². The highest BCUT2D eigenvalue weighted by Crippen LogP contribution is 2.37. The minimum absolute atomic E-state index is 1.14. The van der Waals surface area contributed by atoms with Crippen molar-refractivity contribution in [1.82, 2.24) is 0 Å². The highest BCUT2D eigenvalue weighted by atomic mass is 14.3. The van der Waals surface area contributed by atoms with Gasteiger partial charge in [0.25, 0.3) is 0 Å². The first kappa shape index (κ1) is 26.8. The van der Waals surface area contributed by atoms with Crippen molar-refractivity contribution in [3.63, 3.8) is 0 Å². The van der Waals surface area contributed by atoms with Gasteiger partial charge >= 0.3 is 0 Å². The van der Waals surface area contributed by atoms with E-state index in [4.69, 9.17) is 0 Å². The van der Waals surface area contributed by atoms with Crippen LogP contribution < -0.4 is 0 Å². The number of benzene rings is 1. The van der Waals surface area contributed by atoms with Crippen LogP contribution in [0.4, 0.5) is 0 Å². The number of allylic oxidation sites excluding steroid dienone is 8. The van der Waals surface area contributed by atoms with Gasteiger partial charge in [-0.3, -0.25) is 0 Å². The normalized spacial score (nSPS) is 20.4. The maximum Gasteiger partial charge on any atom is -0.00232 e. The highest BCUT2D eigenvalue weighted by molar-refractivity contribution is 5.55. The maximum atomic E-state index is 2.59. The molecular formula is C34H50. The molecule has 0 fully saturated rings. The fraction of sp³-hybridized carbons (Fsp3) is 0.588. The molecule has 1 aromatic rings. The lowest BCUT2D eigenvalue weighted by atomic mass is 9.76. The summed E-state index contributed by atoms with van der Waals surface area (Å²) in [7, 11) is 0. The largest absolute Gasteiger partial charge is 0.0807 e. The Morgan fingerprint density at radius 3 is 0.882 bits per heavy atom. The molecule has 0 N–H and O–H groups in total. The molecule has 0 heterocycles. The van der Waals surface area contributed by atoms with Gasteiger partial charge < -0.3 is 0 Å². The summed E-state index contributed by atoms with van der Waals surface area (Å²) in [5.41, 5.74) is 12.9. The van der Waals surface area contributed by atoms with Crippen LogP contribution in [0, 0.1) is 0 Å². The SMILES string of the molecule is CCCCC=C1Cc2cc3c(cc2CC1=CCCCC)CC(=CCCCC)C(=CCCCC)C3. The third-order valence-electron chi connectivity index (χ3n) is 7.66. The first-order chi connectivity index (χ1) is 16.7. The predicted molar refractivity (Wildman–Crippen MR) is 152 cm³/mol. The molecular weight excluding hydrogens is 408 g/mol. The molecule has 0 saturated heterocycles. The number of fused-ring (bicyclic) bond motifs is 2. The molecule has 3 rings (SSSR count). The number of hydrogen-bond acceptors (Lipinski definition) is 0. The minimum Gasteiger partial charge on any atom is -0.0807 e. The molecule has 0 unspecified atom stereocenters. The van der Waals surface area contributed by atoms with E-state index in [0.29, 0.717) is 0 Å². The molecule has 0 aliphatic heterocycles. The van der Waals surface area contributed by atoms with Crippen molar-refractivity contribution in [3.8, 4) is 0 Å². The Morgan fingerprint density at radius 2 is 0.676 bits per heavy atom. The van der Waals surface area contributed by atoms with Crippen LogP contribution in [0.15, 0.2) is 58.7 Å². The quantitative estimate of drug-likeness (QED) is 0.273. The summed E-state index contributed by atoms with van der Waals surface area (Å²) in [6, 6.07) is 5.19. The first-order valence-corrected chi connectivity index (χ1v) is 14.6. The fourth-order valence-corrected chi connectivity index (χ4v) is 5.46. The summed E-state index contributed by atoms with van der Waals surface area (Å²) in [5, 5.41) is 0. The number of hydrogen-bond donors (Lipinski definition) is 0. The Hall–Kier alpha value is -1.82. The summed E-state index contributed by atoms with van der Waals surface area (Å²) >= 11 is 0. The van der Waals surface area contributed by atoms with Crippen LogP contribution in [0.5, 0.6) is 0 Å². The first-order valence-electron chi connectivity index (χ1n) is 14.6. The lowest BCUT2D eigenvalue weighted by Gasteiger charge is -2.28. The number of rotatable bonds is 12. The molecule has 0 saturated carbocycles. The molecule has 2 aliphatic carbocycles. The lowest BCUT2D eigenvalue weighted by molar-refractivity contribution is 0.792. The average molecular weight is 459 g/mol. The summed E-state index contributed by atoms with van der Waals surface area (Å²) in [4.78, 5) is 0. The van der Waals surface area contributed by atoms with Gasteiger partial charge in [-0.2, -0.15) is 0 Å². The Kier molecular flexibility index (Phi) is 11.5. The lowest BCUT2D eigenvalue weighted by Crippen LogP contribution is -2.15. The Labute approximate surface area is 211 Å². The average Bonchev–Trinajstić information content (AvgIpc) is 2.84. The van der Waals surface area contributed by atoms with Gasteiger partial charge in [-0.25, -0.2) is 0 Å². The fourth-order valence-electron chi connectivity index (χ4n) is 5.46. The molecule has 0 radical (unpaired) electrons. The van der Waals surface area contributed by atoms with Crippen LogP contribution in [-0.2, 0) is 25.7 Å². The topological polar surface area (TPSA) is 0 Å². The van der Waals surface area contributed by atoms with Gasteiger partial charge in [0.05, 0.1) is 0 Å². The second kappa shape index (κ2) is 14.6. The Bertz CT molecular complexity index is 756. The van der Waals surface area contributed by atoms with Crippen molar-refractivity contribution in [2.45, 2.75) is 130 Å².